The Balaban J connectivity index is 4.62. The van der Waals surface area contributed by atoms with Crippen molar-refractivity contribution in [3.63, 3.8) is 0 Å². The topological polar surface area (TPSA) is 35.5 Å². The zero-order valence-electron chi connectivity index (χ0n) is 17.1. The van der Waals surface area contributed by atoms with Crippen molar-refractivity contribution in [2.24, 2.45) is 0 Å². The fourth-order valence-electron chi connectivity index (χ4n) is 2.30. The fraction of sp³-hybridized carbons (Fsp3) is 0.850. The van der Waals surface area contributed by atoms with Gasteiger partial charge in [0.1, 0.15) is 0 Å². The zero-order chi connectivity index (χ0) is 18.6. The first-order chi connectivity index (χ1) is 11.1. The maximum absolute atomic E-state index is 11.5. The summed E-state index contributed by atoms with van der Waals surface area (Å²) >= 11 is 0. The van der Waals surface area contributed by atoms with Crippen LogP contribution in [0.2, 0.25) is 18.1 Å². The molecule has 0 radical (unpaired) electrons. The van der Waals surface area contributed by atoms with Gasteiger partial charge in [-0.2, -0.15) is 0 Å². The Bertz CT molecular complexity index is 370. The van der Waals surface area contributed by atoms with Crippen LogP contribution in [0.4, 0.5) is 0 Å². The minimum Gasteiger partial charge on any atom is -0.463 e. The summed E-state index contributed by atoms with van der Waals surface area (Å²) in [4.78, 5) is 11.5. The SMILES string of the molecule is CCCCCCC[C@@H](CC=CC(=O)OCC)O[Si](C)(C)C(C)(C)C. The van der Waals surface area contributed by atoms with Crippen LogP contribution in [0, 0.1) is 0 Å². The minimum absolute atomic E-state index is 0.207. The van der Waals surface area contributed by atoms with E-state index in [1.807, 2.05) is 13.0 Å². The molecule has 0 saturated heterocycles. The van der Waals surface area contributed by atoms with Crippen molar-refractivity contribution in [3.8, 4) is 0 Å². The van der Waals surface area contributed by atoms with E-state index in [2.05, 4.69) is 40.8 Å². The highest BCUT2D eigenvalue weighted by Crippen LogP contribution is 2.38. The number of ether oxygens (including phenoxy) is 1. The van der Waals surface area contributed by atoms with Gasteiger partial charge in [0.25, 0.3) is 0 Å². The first-order valence-electron chi connectivity index (χ1n) is 9.65. The zero-order valence-corrected chi connectivity index (χ0v) is 18.1. The Labute approximate surface area is 151 Å². The number of unbranched alkanes of at least 4 members (excludes halogenated alkanes) is 4. The molecule has 142 valence electrons. The van der Waals surface area contributed by atoms with Gasteiger partial charge in [-0.05, 0) is 37.9 Å². The molecule has 0 aromatic carbocycles. The summed E-state index contributed by atoms with van der Waals surface area (Å²) in [6, 6.07) is 0. The van der Waals surface area contributed by atoms with Crippen molar-refractivity contribution < 1.29 is 14.0 Å². The second kappa shape index (κ2) is 11.9. The van der Waals surface area contributed by atoms with E-state index in [0.29, 0.717) is 6.61 Å². The second-order valence-corrected chi connectivity index (χ2v) is 12.8. The average Bonchev–Trinajstić information content (AvgIpc) is 2.45. The van der Waals surface area contributed by atoms with Gasteiger partial charge in [-0.1, -0.05) is 65.9 Å². The molecule has 0 unspecified atom stereocenters. The number of carbonyl (C=O) groups excluding carboxylic acids is 1. The Morgan fingerprint density at radius 3 is 2.25 bits per heavy atom. The molecular formula is C20H40O3Si. The molecule has 0 aromatic rings. The molecule has 0 aromatic heterocycles. The summed E-state index contributed by atoms with van der Waals surface area (Å²) in [6.45, 7) is 15.9. The van der Waals surface area contributed by atoms with E-state index in [1.54, 1.807) is 6.08 Å². The van der Waals surface area contributed by atoms with E-state index in [0.717, 1.165) is 12.8 Å². The van der Waals surface area contributed by atoms with Gasteiger partial charge in [-0.15, -0.1) is 0 Å². The van der Waals surface area contributed by atoms with Crippen LogP contribution in [-0.2, 0) is 14.0 Å². The number of rotatable bonds is 12. The van der Waals surface area contributed by atoms with E-state index in [-0.39, 0.29) is 17.1 Å². The molecule has 0 spiro atoms. The highest BCUT2D eigenvalue weighted by Gasteiger charge is 2.38. The van der Waals surface area contributed by atoms with Gasteiger partial charge in [-0.25, -0.2) is 4.79 Å². The first kappa shape index (κ1) is 23.4. The molecule has 0 aliphatic rings. The molecule has 0 N–H and O–H groups in total. The second-order valence-electron chi connectivity index (χ2n) is 8.09. The predicted molar refractivity (Wildman–Crippen MR) is 106 cm³/mol. The third-order valence-electron chi connectivity index (χ3n) is 4.84. The summed E-state index contributed by atoms with van der Waals surface area (Å²) in [5.41, 5.74) is 0. The Hall–Kier alpha value is -0.613. The fourth-order valence-corrected chi connectivity index (χ4v) is 3.70. The van der Waals surface area contributed by atoms with E-state index in [9.17, 15) is 4.79 Å². The van der Waals surface area contributed by atoms with Gasteiger partial charge >= 0.3 is 5.97 Å². The predicted octanol–water partition coefficient (Wildman–Crippen LogP) is 6.25. The Morgan fingerprint density at radius 2 is 1.71 bits per heavy atom. The highest BCUT2D eigenvalue weighted by molar-refractivity contribution is 6.74. The lowest BCUT2D eigenvalue weighted by Gasteiger charge is -2.39. The smallest absolute Gasteiger partial charge is 0.330 e. The monoisotopic (exact) mass is 356 g/mol. The molecule has 0 heterocycles. The Kier molecular flexibility index (Phi) is 11.6. The van der Waals surface area contributed by atoms with Crippen molar-refractivity contribution in [1.29, 1.82) is 0 Å². The van der Waals surface area contributed by atoms with Gasteiger partial charge < -0.3 is 9.16 Å². The molecule has 0 aliphatic carbocycles. The van der Waals surface area contributed by atoms with Crippen LogP contribution in [-0.4, -0.2) is 27.0 Å². The third-order valence-corrected chi connectivity index (χ3v) is 9.37. The van der Waals surface area contributed by atoms with Gasteiger partial charge in [0, 0.05) is 12.2 Å². The quantitative estimate of drug-likeness (QED) is 0.179. The number of hydrogen-bond acceptors (Lipinski definition) is 3. The standard InChI is InChI=1S/C20H40O3Si/c1-8-10-11-12-13-15-18(16-14-17-19(21)22-9-2)23-24(6,7)20(3,4)5/h14,17-18H,8-13,15-16H2,1-7H3/t18-/m0/s1. The van der Waals surface area contributed by atoms with E-state index >= 15 is 0 Å². The van der Waals surface area contributed by atoms with Crippen LogP contribution in [0.25, 0.3) is 0 Å². The molecule has 1 atom stereocenters. The number of hydrogen-bond donors (Lipinski definition) is 0. The van der Waals surface area contributed by atoms with Gasteiger partial charge in [0.2, 0.25) is 0 Å². The van der Waals surface area contributed by atoms with Gasteiger partial charge in [-0.3, -0.25) is 0 Å². The van der Waals surface area contributed by atoms with Gasteiger partial charge in [0.05, 0.1) is 6.61 Å². The third kappa shape index (κ3) is 10.3. The van der Waals surface area contributed by atoms with Crippen molar-refractivity contribution in [2.45, 2.75) is 104 Å². The van der Waals surface area contributed by atoms with Crippen LogP contribution in [0.3, 0.4) is 0 Å². The molecule has 0 saturated carbocycles. The van der Waals surface area contributed by atoms with Crippen molar-refractivity contribution >= 4 is 14.3 Å². The molecule has 0 aliphatic heterocycles. The van der Waals surface area contributed by atoms with Crippen LogP contribution in [0.1, 0.15) is 79.6 Å². The maximum Gasteiger partial charge on any atom is 0.330 e. The molecule has 4 heteroatoms. The summed E-state index contributed by atoms with van der Waals surface area (Å²) < 4.78 is 11.5. The van der Waals surface area contributed by atoms with E-state index < -0.39 is 8.32 Å². The summed E-state index contributed by atoms with van der Waals surface area (Å²) in [7, 11) is -1.79. The van der Waals surface area contributed by atoms with Gasteiger partial charge in [0.15, 0.2) is 8.32 Å². The molecule has 24 heavy (non-hydrogen) atoms. The first-order valence-corrected chi connectivity index (χ1v) is 12.6. The molecule has 0 fully saturated rings. The van der Waals surface area contributed by atoms with E-state index in [4.69, 9.17) is 9.16 Å². The lowest BCUT2D eigenvalue weighted by molar-refractivity contribution is -0.137. The number of esters is 1. The summed E-state index contributed by atoms with van der Waals surface area (Å²) in [6.07, 6.45) is 11.9. The molecule has 3 nitrogen and oxygen atoms in total. The van der Waals surface area contributed by atoms with Crippen molar-refractivity contribution in [3.05, 3.63) is 12.2 Å². The van der Waals surface area contributed by atoms with Crippen LogP contribution in [0.15, 0.2) is 12.2 Å². The van der Waals surface area contributed by atoms with Crippen molar-refractivity contribution in [2.75, 3.05) is 6.61 Å². The normalized spacial score (nSPS) is 14.1. The highest BCUT2D eigenvalue weighted by atomic mass is 28.4. The van der Waals surface area contributed by atoms with Crippen molar-refractivity contribution in [1.82, 2.24) is 0 Å². The average molecular weight is 357 g/mol. The molecule has 0 amide bonds. The molecule has 0 bridgehead atoms. The largest absolute Gasteiger partial charge is 0.463 e. The van der Waals surface area contributed by atoms with Crippen LogP contribution < -0.4 is 0 Å². The minimum atomic E-state index is -1.79. The molecule has 0 rings (SSSR count). The van der Waals surface area contributed by atoms with E-state index in [1.165, 1.54) is 32.1 Å². The van der Waals surface area contributed by atoms with Crippen LogP contribution in [0.5, 0.6) is 0 Å². The molecular weight excluding hydrogens is 316 g/mol. The lowest BCUT2D eigenvalue weighted by atomic mass is 10.1. The summed E-state index contributed by atoms with van der Waals surface area (Å²) in [5.74, 6) is -0.258. The maximum atomic E-state index is 11.5. The summed E-state index contributed by atoms with van der Waals surface area (Å²) in [5, 5.41) is 0.207. The lowest BCUT2D eigenvalue weighted by Crippen LogP contribution is -2.43. The number of carbonyl (C=O) groups is 1. The Morgan fingerprint density at radius 1 is 1.08 bits per heavy atom. The van der Waals surface area contributed by atoms with Crippen LogP contribution >= 0.6 is 0 Å².